The van der Waals surface area contributed by atoms with Crippen molar-refractivity contribution in [2.45, 2.75) is 26.2 Å². The van der Waals surface area contributed by atoms with E-state index in [2.05, 4.69) is 62.3 Å². The Morgan fingerprint density at radius 2 is 1.52 bits per heavy atom. The molecule has 0 saturated carbocycles. The average Bonchev–Trinajstić information content (AvgIpc) is 3.15. The fourth-order valence-corrected chi connectivity index (χ4v) is 3.34. The molecule has 0 aliphatic heterocycles. The van der Waals surface area contributed by atoms with Crippen molar-refractivity contribution >= 4 is 0 Å². The Labute approximate surface area is 170 Å². The van der Waals surface area contributed by atoms with Crippen LogP contribution in [0.4, 0.5) is 4.39 Å². The van der Waals surface area contributed by atoms with Crippen molar-refractivity contribution in [3.63, 3.8) is 0 Å². The highest BCUT2D eigenvalue weighted by Crippen LogP contribution is 2.33. The van der Waals surface area contributed by atoms with Crippen LogP contribution in [0.2, 0.25) is 0 Å². The molecule has 4 heteroatoms. The largest absolute Gasteiger partial charge is 0.457 e. The summed E-state index contributed by atoms with van der Waals surface area (Å²) < 4.78 is 20.7. The Morgan fingerprint density at radius 3 is 2.14 bits per heavy atom. The van der Waals surface area contributed by atoms with Crippen molar-refractivity contribution < 1.29 is 9.13 Å². The van der Waals surface area contributed by atoms with Crippen molar-refractivity contribution in [2.24, 2.45) is 0 Å². The first-order valence-corrected chi connectivity index (χ1v) is 9.58. The molecule has 0 spiro atoms. The van der Waals surface area contributed by atoms with Crippen LogP contribution < -0.4 is 4.74 Å². The molecule has 0 atom stereocenters. The zero-order valence-electron chi connectivity index (χ0n) is 16.8. The monoisotopic (exact) mass is 386 g/mol. The van der Waals surface area contributed by atoms with Crippen LogP contribution in [0.1, 0.15) is 30.5 Å². The molecule has 1 heterocycles. The number of ether oxygens (including phenoxy) is 1. The van der Waals surface area contributed by atoms with Gasteiger partial charge in [0.15, 0.2) is 5.82 Å². The van der Waals surface area contributed by atoms with Crippen LogP contribution in [0, 0.1) is 12.7 Å². The third-order valence-electron chi connectivity index (χ3n) is 5.22. The van der Waals surface area contributed by atoms with Gasteiger partial charge in [-0.25, -0.2) is 9.07 Å². The Morgan fingerprint density at radius 1 is 0.862 bits per heavy atom. The molecule has 0 N–H and O–H groups in total. The van der Waals surface area contributed by atoms with Crippen molar-refractivity contribution in [2.75, 3.05) is 0 Å². The lowest BCUT2D eigenvalue weighted by Crippen LogP contribution is -2.18. The molecular formula is C25H23FN2O. The molecular weight excluding hydrogens is 363 g/mol. The van der Waals surface area contributed by atoms with Gasteiger partial charge in [0, 0.05) is 11.5 Å². The topological polar surface area (TPSA) is 27.1 Å². The maximum absolute atomic E-state index is 13.2. The average molecular weight is 386 g/mol. The molecule has 0 saturated heterocycles. The molecule has 29 heavy (non-hydrogen) atoms. The first-order chi connectivity index (χ1) is 13.9. The maximum atomic E-state index is 13.2. The van der Waals surface area contributed by atoms with Crippen LogP contribution in [-0.4, -0.2) is 9.78 Å². The molecule has 0 fully saturated rings. The zero-order valence-corrected chi connectivity index (χ0v) is 16.8. The molecule has 3 nitrogen and oxygen atoms in total. The lowest BCUT2D eigenvalue weighted by molar-refractivity contribution is 0.481. The highest BCUT2D eigenvalue weighted by Gasteiger charge is 2.22. The van der Waals surface area contributed by atoms with Gasteiger partial charge in [0.05, 0.1) is 18.1 Å². The van der Waals surface area contributed by atoms with E-state index in [1.165, 1.54) is 33.8 Å². The van der Waals surface area contributed by atoms with Gasteiger partial charge < -0.3 is 4.74 Å². The molecule has 0 aliphatic rings. The van der Waals surface area contributed by atoms with E-state index in [0.717, 1.165) is 11.4 Å². The first kappa shape index (κ1) is 18.9. The molecule has 1 aromatic heterocycles. The summed E-state index contributed by atoms with van der Waals surface area (Å²) >= 11 is 0. The summed E-state index contributed by atoms with van der Waals surface area (Å²) in [6.45, 7) is 6.54. The minimum atomic E-state index is -0.372. The minimum Gasteiger partial charge on any atom is -0.457 e. The maximum Gasteiger partial charge on any atom is 0.161 e. The summed E-state index contributed by atoms with van der Waals surface area (Å²) in [5.74, 6) is 1.05. The summed E-state index contributed by atoms with van der Waals surface area (Å²) in [5.41, 5.74) is 4.39. The van der Waals surface area contributed by atoms with Crippen molar-refractivity contribution in [3.05, 3.63) is 108 Å². The van der Waals surface area contributed by atoms with Crippen LogP contribution in [0.15, 0.2) is 85.2 Å². The smallest absolute Gasteiger partial charge is 0.161 e. The highest BCUT2D eigenvalue weighted by molar-refractivity contribution is 5.44. The molecule has 0 unspecified atom stereocenters. The third kappa shape index (κ3) is 4.06. The second-order valence-electron chi connectivity index (χ2n) is 7.72. The quantitative estimate of drug-likeness (QED) is 0.395. The van der Waals surface area contributed by atoms with E-state index < -0.39 is 0 Å². The molecule has 0 bridgehead atoms. The van der Waals surface area contributed by atoms with E-state index >= 15 is 0 Å². The number of aryl methyl sites for hydroxylation is 1. The summed E-state index contributed by atoms with van der Waals surface area (Å²) in [6.07, 6.45) is 2.52. The Bertz CT molecular complexity index is 1110. The predicted molar refractivity (Wildman–Crippen MR) is 113 cm³/mol. The molecule has 4 aromatic rings. The van der Waals surface area contributed by atoms with Gasteiger partial charge in [-0.3, -0.25) is 0 Å². The summed E-state index contributed by atoms with van der Waals surface area (Å²) in [5, 5.41) is 3.99. The number of nitrogens with zero attached hydrogens (tertiary/aromatic N) is 2. The molecule has 0 aliphatic carbocycles. The van der Waals surface area contributed by atoms with E-state index in [4.69, 9.17) is 4.74 Å². The zero-order chi connectivity index (χ0) is 20.4. The van der Waals surface area contributed by atoms with E-state index in [9.17, 15) is 4.39 Å². The van der Waals surface area contributed by atoms with Crippen LogP contribution >= 0.6 is 0 Å². The Kier molecular flexibility index (Phi) is 4.93. The molecule has 0 amide bonds. The number of hydrogen-bond acceptors (Lipinski definition) is 2. The summed E-state index contributed by atoms with van der Waals surface area (Å²) in [4.78, 5) is 0. The lowest BCUT2D eigenvalue weighted by Gasteiger charge is -2.26. The minimum absolute atomic E-state index is 0.101. The number of aromatic nitrogens is 2. The highest BCUT2D eigenvalue weighted by atomic mass is 19.1. The molecule has 0 radical (unpaired) electrons. The molecule has 3 aromatic carbocycles. The first-order valence-electron chi connectivity index (χ1n) is 9.58. The van der Waals surface area contributed by atoms with Gasteiger partial charge in [-0.2, -0.15) is 5.10 Å². The van der Waals surface area contributed by atoms with Gasteiger partial charge in [-0.05, 0) is 42.3 Å². The SMILES string of the molecule is Cc1ccc(C(C)(C)c2ccc(Oc3cccc(-n4cc(F)cn4)c3)cc2)cc1. The Hall–Kier alpha value is -3.40. The lowest BCUT2D eigenvalue weighted by atomic mass is 9.78. The van der Waals surface area contributed by atoms with Crippen LogP contribution in [-0.2, 0) is 5.41 Å². The van der Waals surface area contributed by atoms with Crippen molar-refractivity contribution in [1.29, 1.82) is 0 Å². The molecule has 146 valence electrons. The van der Waals surface area contributed by atoms with E-state index in [-0.39, 0.29) is 11.2 Å². The van der Waals surface area contributed by atoms with Crippen LogP contribution in [0.3, 0.4) is 0 Å². The predicted octanol–water partition coefficient (Wildman–Crippen LogP) is 6.44. The van der Waals surface area contributed by atoms with Gasteiger partial charge in [-0.15, -0.1) is 0 Å². The number of halogens is 1. The molecule has 4 rings (SSSR count). The van der Waals surface area contributed by atoms with Crippen molar-refractivity contribution in [3.8, 4) is 17.2 Å². The van der Waals surface area contributed by atoms with Gasteiger partial charge in [0.2, 0.25) is 0 Å². The number of benzene rings is 3. The number of hydrogen-bond donors (Lipinski definition) is 0. The summed E-state index contributed by atoms with van der Waals surface area (Å²) in [7, 11) is 0. The van der Waals surface area contributed by atoms with Crippen LogP contribution in [0.25, 0.3) is 5.69 Å². The second-order valence-corrected chi connectivity index (χ2v) is 7.72. The third-order valence-corrected chi connectivity index (χ3v) is 5.22. The fourth-order valence-electron chi connectivity index (χ4n) is 3.34. The summed E-state index contributed by atoms with van der Waals surface area (Å²) in [6, 6.07) is 24.2. The van der Waals surface area contributed by atoms with Crippen LogP contribution in [0.5, 0.6) is 11.5 Å². The normalized spacial score (nSPS) is 11.4. The Balaban J connectivity index is 1.53. The standard InChI is InChI=1S/C25H23FN2O/c1-18-7-9-19(10-8-18)25(2,3)20-11-13-23(14-12-20)29-24-6-4-5-22(15-24)28-17-21(26)16-27-28/h4-17H,1-3H3. The van der Waals surface area contributed by atoms with E-state index in [1.54, 1.807) is 0 Å². The van der Waals surface area contributed by atoms with Crippen molar-refractivity contribution in [1.82, 2.24) is 9.78 Å². The van der Waals surface area contributed by atoms with Gasteiger partial charge in [-0.1, -0.05) is 61.9 Å². The van der Waals surface area contributed by atoms with Gasteiger partial charge in [0.1, 0.15) is 11.5 Å². The van der Waals surface area contributed by atoms with E-state index in [1.807, 2.05) is 36.4 Å². The van der Waals surface area contributed by atoms with Gasteiger partial charge >= 0.3 is 0 Å². The second kappa shape index (κ2) is 7.55. The van der Waals surface area contributed by atoms with Gasteiger partial charge in [0.25, 0.3) is 0 Å². The number of rotatable bonds is 5. The van der Waals surface area contributed by atoms with E-state index in [0.29, 0.717) is 5.75 Å². The fraction of sp³-hybridized carbons (Fsp3) is 0.160.